The Morgan fingerprint density at radius 1 is 1.06 bits per heavy atom. The number of nitrogens with zero attached hydrogens (tertiary/aromatic N) is 2. The van der Waals surface area contributed by atoms with Crippen LogP contribution in [0.15, 0.2) is 72.9 Å². The second kappa shape index (κ2) is 9.84. The molecule has 0 aliphatic carbocycles. The molecule has 5 heteroatoms. The van der Waals surface area contributed by atoms with Gasteiger partial charge in [-0.3, -0.25) is 14.7 Å². The minimum absolute atomic E-state index is 0.0532. The van der Waals surface area contributed by atoms with Crippen molar-refractivity contribution in [1.29, 1.82) is 0 Å². The molecule has 1 fully saturated rings. The van der Waals surface area contributed by atoms with E-state index in [1.165, 1.54) is 12.1 Å². The molecular formula is C26H28FN3O. The maximum Gasteiger partial charge on any atom is 0.252 e. The minimum atomic E-state index is -0.204. The van der Waals surface area contributed by atoms with Gasteiger partial charge in [0.2, 0.25) is 0 Å². The van der Waals surface area contributed by atoms with Crippen molar-refractivity contribution in [2.75, 3.05) is 13.1 Å². The first kappa shape index (κ1) is 21.2. The number of hydrogen-bond acceptors (Lipinski definition) is 3. The number of nitrogens with one attached hydrogen (secondary N) is 1. The molecule has 1 N–H and O–H groups in total. The van der Waals surface area contributed by atoms with Crippen LogP contribution in [0.5, 0.6) is 0 Å². The Bertz CT molecular complexity index is 999. The molecule has 1 atom stereocenters. The van der Waals surface area contributed by atoms with Crippen LogP contribution in [0.1, 0.15) is 46.1 Å². The lowest BCUT2D eigenvalue weighted by Gasteiger charge is -2.36. The number of benzene rings is 2. The van der Waals surface area contributed by atoms with E-state index in [-0.39, 0.29) is 17.8 Å². The molecular weight excluding hydrogens is 389 g/mol. The summed E-state index contributed by atoms with van der Waals surface area (Å²) < 4.78 is 13.2. The number of hydrogen-bond donors (Lipinski definition) is 1. The molecule has 4 nitrogen and oxygen atoms in total. The summed E-state index contributed by atoms with van der Waals surface area (Å²) in [5, 5.41) is 3.27. The molecule has 0 spiro atoms. The van der Waals surface area contributed by atoms with Crippen LogP contribution < -0.4 is 5.32 Å². The predicted molar refractivity (Wildman–Crippen MR) is 120 cm³/mol. The number of aromatic nitrogens is 1. The topological polar surface area (TPSA) is 45.2 Å². The zero-order valence-electron chi connectivity index (χ0n) is 17.8. The Morgan fingerprint density at radius 2 is 1.77 bits per heavy atom. The Balaban J connectivity index is 1.45. The van der Waals surface area contributed by atoms with Gasteiger partial charge in [0.25, 0.3) is 5.91 Å². The fourth-order valence-corrected chi connectivity index (χ4v) is 4.33. The number of pyridine rings is 1. The molecule has 3 aromatic rings. The van der Waals surface area contributed by atoms with Gasteiger partial charge in [-0.05, 0) is 80.2 Å². The van der Waals surface area contributed by atoms with Gasteiger partial charge in [0.15, 0.2) is 0 Å². The molecule has 1 aliphatic heterocycles. The van der Waals surface area contributed by atoms with Gasteiger partial charge in [-0.15, -0.1) is 0 Å². The Morgan fingerprint density at radius 3 is 2.45 bits per heavy atom. The number of halogens is 1. The maximum absolute atomic E-state index is 13.2. The summed E-state index contributed by atoms with van der Waals surface area (Å²) in [6, 6.07) is 20.1. The van der Waals surface area contributed by atoms with Gasteiger partial charge in [-0.2, -0.15) is 0 Å². The van der Waals surface area contributed by atoms with Crippen LogP contribution in [0.3, 0.4) is 0 Å². The lowest BCUT2D eigenvalue weighted by molar-refractivity contribution is 0.0887. The average Bonchev–Trinajstić information content (AvgIpc) is 2.80. The lowest BCUT2D eigenvalue weighted by Crippen LogP contribution is -2.41. The van der Waals surface area contributed by atoms with Crippen LogP contribution in [-0.2, 0) is 6.54 Å². The van der Waals surface area contributed by atoms with Gasteiger partial charge >= 0.3 is 0 Å². The van der Waals surface area contributed by atoms with Crippen molar-refractivity contribution >= 4 is 5.91 Å². The molecule has 1 amide bonds. The highest BCUT2D eigenvalue weighted by Crippen LogP contribution is 2.31. The van der Waals surface area contributed by atoms with E-state index < -0.39 is 0 Å². The largest absolute Gasteiger partial charge is 0.343 e. The van der Waals surface area contributed by atoms with E-state index in [9.17, 15) is 9.18 Å². The molecule has 4 rings (SSSR count). The lowest BCUT2D eigenvalue weighted by atomic mass is 9.86. The van der Waals surface area contributed by atoms with Gasteiger partial charge in [0.1, 0.15) is 5.82 Å². The van der Waals surface area contributed by atoms with Crippen LogP contribution >= 0.6 is 0 Å². The number of amides is 1. The molecule has 1 saturated heterocycles. The van der Waals surface area contributed by atoms with Crippen molar-refractivity contribution in [2.45, 2.75) is 32.4 Å². The van der Waals surface area contributed by atoms with Gasteiger partial charge in [0, 0.05) is 18.3 Å². The summed E-state index contributed by atoms with van der Waals surface area (Å²) in [6.45, 7) is 4.65. The summed E-state index contributed by atoms with van der Waals surface area (Å²) in [4.78, 5) is 20.0. The standard InChI is InChI=1S/C26H28FN3O/c1-19-6-2-3-7-23(19)26(31)29-25(24-8-4-5-15-28-24)21-13-16-30(17-14-21)18-20-9-11-22(27)12-10-20/h2-12,15,21,25H,13-14,16-18H2,1H3,(H,29,31)/t25-/m0/s1. The third kappa shape index (κ3) is 5.36. The summed E-state index contributed by atoms with van der Waals surface area (Å²) in [5.74, 6) is 0.0555. The Labute approximate surface area is 183 Å². The number of carbonyl (C=O) groups is 1. The van der Waals surface area contributed by atoms with Crippen molar-refractivity contribution < 1.29 is 9.18 Å². The second-order valence-corrected chi connectivity index (χ2v) is 8.26. The number of aryl methyl sites for hydroxylation is 1. The van der Waals surface area contributed by atoms with E-state index in [0.717, 1.165) is 49.3 Å². The minimum Gasteiger partial charge on any atom is -0.343 e. The van der Waals surface area contributed by atoms with E-state index >= 15 is 0 Å². The molecule has 31 heavy (non-hydrogen) atoms. The molecule has 0 saturated carbocycles. The van der Waals surface area contributed by atoms with Crippen LogP contribution in [0.2, 0.25) is 0 Å². The van der Waals surface area contributed by atoms with Crippen molar-refractivity contribution in [3.05, 3.63) is 101 Å². The second-order valence-electron chi connectivity index (χ2n) is 8.26. The highest BCUT2D eigenvalue weighted by atomic mass is 19.1. The number of piperidine rings is 1. The Hall–Kier alpha value is -3.05. The fourth-order valence-electron chi connectivity index (χ4n) is 4.33. The molecule has 0 bridgehead atoms. The molecule has 2 aromatic carbocycles. The normalized spacial score (nSPS) is 16.1. The number of likely N-dealkylation sites (tertiary alicyclic amines) is 1. The first-order valence-electron chi connectivity index (χ1n) is 10.8. The highest BCUT2D eigenvalue weighted by Gasteiger charge is 2.30. The van der Waals surface area contributed by atoms with Crippen LogP contribution in [0.4, 0.5) is 4.39 Å². The summed E-state index contributed by atoms with van der Waals surface area (Å²) in [6.07, 6.45) is 3.72. The highest BCUT2D eigenvalue weighted by molar-refractivity contribution is 5.95. The summed E-state index contributed by atoms with van der Waals surface area (Å²) >= 11 is 0. The molecule has 1 aliphatic rings. The fraction of sp³-hybridized carbons (Fsp3) is 0.308. The average molecular weight is 418 g/mol. The smallest absolute Gasteiger partial charge is 0.252 e. The molecule has 160 valence electrons. The van der Waals surface area contributed by atoms with Crippen LogP contribution in [0, 0.1) is 18.7 Å². The van der Waals surface area contributed by atoms with Gasteiger partial charge in [0.05, 0.1) is 11.7 Å². The van der Waals surface area contributed by atoms with E-state index in [2.05, 4.69) is 15.2 Å². The molecule has 0 radical (unpaired) electrons. The molecule has 0 unspecified atom stereocenters. The summed E-state index contributed by atoms with van der Waals surface area (Å²) in [7, 11) is 0. The van der Waals surface area contributed by atoms with E-state index in [4.69, 9.17) is 0 Å². The monoisotopic (exact) mass is 417 g/mol. The van der Waals surface area contributed by atoms with Crippen molar-refractivity contribution in [3.8, 4) is 0 Å². The van der Waals surface area contributed by atoms with Gasteiger partial charge in [-0.1, -0.05) is 36.4 Å². The van der Waals surface area contributed by atoms with E-state index in [1.807, 2.05) is 61.5 Å². The molecule has 2 heterocycles. The molecule has 1 aromatic heterocycles. The third-order valence-corrected chi connectivity index (χ3v) is 6.11. The summed E-state index contributed by atoms with van der Waals surface area (Å²) in [5.41, 5.74) is 3.70. The quantitative estimate of drug-likeness (QED) is 0.620. The zero-order chi connectivity index (χ0) is 21.6. The van der Waals surface area contributed by atoms with E-state index in [1.54, 1.807) is 6.20 Å². The first-order chi connectivity index (χ1) is 15.1. The maximum atomic E-state index is 13.2. The van der Waals surface area contributed by atoms with Crippen LogP contribution in [-0.4, -0.2) is 28.9 Å². The third-order valence-electron chi connectivity index (χ3n) is 6.11. The van der Waals surface area contributed by atoms with E-state index in [0.29, 0.717) is 11.5 Å². The number of carbonyl (C=O) groups excluding carboxylic acids is 1. The van der Waals surface area contributed by atoms with Crippen LogP contribution in [0.25, 0.3) is 0 Å². The predicted octanol–water partition coefficient (Wildman–Crippen LogP) is 4.91. The van der Waals surface area contributed by atoms with Gasteiger partial charge in [-0.25, -0.2) is 4.39 Å². The Kier molecular flexibility index (Phi) is 6.73. The zero-order valence-corrected chi connectivity index (χ0v) is 17.8. The van der Waals surface area contributed by atoms with Gasteiger partial charge < -0.3 is 5.32 Å². The van der Waals surface area contributed by atoms with Crippen molar-refractivity contribution in [3.63, 3.8) is 0 Å². The number of rotatable bonds is 6. The van der Waals surface area contributed by atoms with Crippen molar-refractivity contribution in [2.24, 2.45) is 5.92 Å². The van der Waals surface area contributed by atoms with Crippen molar-refractivity contribution in [1.82, 2.24) is 15.2 Å². The first-order valence-corrected chi connectivity index (χ1v) is 10.8. The SMILES string of the molecule is Cc1ccccc1C(=O)N[C@H](c1ccccn1)C1CCN(Cc2ccc(F)cc2)CC1.